The Morgan fingerprint density at radius 1 is 1.18 bits per heavy atom. The van der Waals surface area contributed by atoms with Gasteiger partial charge in [-0.3, -0.25) is 0 Å². The number of rotatable bonds is 5. The number of aliphatic hydroxyl groups is 1. The minimum Gasteiger partial charge on any atom is -0.483 e. The Hall–Kier alpha value is -2.17. The normalized spacial score (nSPS) is 17.6. The Kier molecular flexibility index (Phi) is 4.51. The van der Waals surface area contributed by atoms with Crippen molar-refractivity contribution < 1.29 is 14.2 Å². The van der Waals surface area contributed by atoms with Gasteiger partial charge in [0.2, 0.25) is 0 Å². The van der Waals surface area contributed by atoms with Crippen molar-refractivity contribution >= 4 is 6.08 Å². The third kappa shape index (κ3) is 3.53. The third-order valence-electron chi connectivity index (χ3n) is 3.61. The predicted molar refractivity (Wildman–Crippen MR) is 84.0 cm³/mol. The summed E-state index contributed by atoms with van der Waals surface area (Å²) >= 11 is 0. The van der Waals surface area contributed by atoms with Crippen LogP contribution >= 0.6 is 0 Å². The van der Waals surface area contributed by atoms with Crippen LogP contribution in [0.15, 0.2) is 54.6 Å². The van der Waals surface area contributed by atoms with Crippen LogP contribution in [0.1, 0.15) is 11.1 Å². The second kappa shape index (κ2) is 6.73. The number of halogens is 1. The summed E-state index contributed by atoms with van der Waals surface area (Å²) in [6, 6.07) is 14.4. The molecule has 22 heavy (non-hydrogen) atoms. The van der Waals surface area contributed by atoms with Gasteiger partial charge in [0.15, 0.2) is 0 Å². The molecule has 114 valence electrons. The van der Waals surface area contributed by atoms with Crippen molar-refractivity contribution in [1.29, 1.82) is 0 Å². The van der Waals surface area contributed by atoms with E-state index >= 15 is 0 Å². The van der Waals surface area contributed by atoms with Crippen LogP contribution in [0.2, 0.25) is 0 Å². The molecule has 1 aliphatic rings. The number of fused-ring (bicyclic) bond motifs is 1. The van der Waals surface area contributed by atoms with Crippen LogP contribution in [0.5, 0.6) is 5.75 Å². The van der Waals surface area contributed by atoms with E-state index in [1.54, 1.807) is 18.2 Å². The molecule has 2 N–H and O–H groups in total. The lowest BCUT2D eigenvalue weighted by Gasteiger charge is -2.25. The summed E-state index contributed by atoms with van der Waals surface area (Å²) in [6.07, 6.45) is 2.45. The van der Waals surface area contributed by atoms with Crippen LogP contribution in [-0.2, 0) is 6.54 Å². The predicted octanol–water partition coefficient (Wildman–Crippen LogP) is 2.75. The molecule has 0 aliphatic carbocycles. The standard InChI is InChI=1S/C18H18FNO2/c19-15-7-9-17-14(10-15)6-8-18(22-17)16(21)12-20-11-13-4-2-1-3-5-13/h1-10,16,18,20-21H,11-12H2/t16?,18-/m1/s1. The van der Waals surface area contributed by atoms with Gasteiger partial charge in [-0.15, -0.1) is 0 Å². The lowest BCUT2D eigenvalue weighted by Crippen LogP contribution is -2.39. The zero-order valence-corrected chi connectivity index (χ0v) is 12.1. The van der Waals surface area contributed by atoms with Crippen LogP contribution in [0, 0.1) is 5.82 Å². The molecular formula is C18H18FNO2. The molecule has 0 bridgehead atoms. The fourth-order valence-electron chi connectivity index (χ4n) is 2.42. The second-order valence-electron chi connectivity index (χ2n) is 5.31. The van der Waals surface area contributed by atoms with Crippen LogP contribution in [0.25, 0.3) is 6.08 Å². The van der Waals surface area contributed by atoms with Crippen molar-refractivity contribution in [2.45, 2.75) is 18.8 Å². The summed E-state index contributed by atoms with van der Waals surface area (Å²) in [5.74, 6) is 0.298. The van der Waals surface area contributed by atoms with Gasteiger partial charge >= 0.3 is 0 Å². The summed E-state index contributed by atoms with van der Waals surface area (Å²) in [6.45, 7) is 1.11. The van der Waals surface area contributed by atoms with E-state index in [-0.39, 0.29) is 5.82 Å². The molecule has 1 heterocycles. The van der Waals surface area contributed by atoms with E-state index in [1.807, 2.05) is 30.3 Å². The Bertz CT molecular complexity index is 657. The van der Waals surface area contributed by atoms with E-state index in [2.05, 4.69) is 5.32 Å². The summed E-state index contributed by atoms with van der Waals surface area (Å²) in [5, 5.41) is 13.4. The zero-order chi connectivity index (χ0) is 15.4. The van der Waals surface area contributed by atoms with E-state index in [4.69, 9.17) is 4.74 Å². The SMILES string of the molecule is OC(CNCc1ccccc1)[C@H]1C=Cc2cc(F)ccc2O1. The molecule has 2 atom stereocenters. The number of ether oxygens (including phenoxy) is 1. The van der Waals surface area contributed by atoms with Crippen molar-refractivity contribution in [3.63, 3.8) is 0 Å². The number of aliphatic hydroxyl groups excluding tert-OH is 1. The van der Waals surface area contributed by atoms with Gasteiger partial charge in [-0.05, 0) is 29.8 Å². The van der Waals surface area contributed by atoms with Gasteiger partial charge in [-0.1, -0.05) is 36.4 Å². The molecule has 1 unspecified atom stereocenters. The summed E-state index contributed by atoms with van der Waals surface area (Å²) in [4.78, 5) is 0. The second-order valence-corrected chi connectivity index (χ2v) is 5.31. The maximum absolute atomic E-state index is 13.1. The lowest BCUT2D eigenvalue weighted by molar-refractivity contribution is 0.0624. The molecule has 4 heteroatoms. The molecule has 3 nitrogen and oxygen atoms in total. The Balaban J connectivity index is 1.54. The maximum Gasteiger partial charge on any atom is 0.144 e. The van der Waals surface area contributed by atoms with Crippen molar-refractivity contribution in [3.05, 3.63) is 71.6 Å². The van der Waals surface area contributed by atoms with E-state index in [0.717, 1.165) is 5.56 Å². The number of hydrogen-bond donors (Lipinski definition) is 2. The van der Waals surface area contributed by atoms with Crippen LogP contribution in [-0.4, -0.2) is 23.9 Å². The molecule has 2 aromatic rings. The van der Waals surface area contributed by atoms with Gasteiger partial charge in [-0.25, -0.2) is 4.39 Å². The third-order valence-corrected chi connectivity index (χ3v) is 3.61. The molecule has 2 aromatic carbocycles. The zero-order valence-electron chi connectivity index (χ0n) is 12.1. The van der Waals surface area contributed by atoms with E-state index in [1.165, 1.54) is 12.1 Å². The van der Waals surface area contributed by atoms with Crippen LogP contribution < -0.4 is 10.1 Å². The number of nitrogens with one attached hydrogen (secondary N) is 1. The summed E-state index contributed by atoms with van der Waals surface area (Å²) < 4.78 is 18.8. The van der Waals surface area contributed by atoms with Gasteiger partial charge in [0.1, 0.15) is 23.8 Å². The summed E-state index contributed by atoms with van der Waals surface area (Å²) in [7, 11) is 0. The molecule has 0 saturated heterocycles. The minimum absolute atomic E-state index is 0.296. The van der Waals surface area contributed by atoms with E-state index in [0.29, 0.717) is 24.4 Å². The highest BCUT2D eigenvalue weighted by atomic mass is 19.1. The minimum atomic E-state index is -0.668. The molecule has 0 amide bonds. The van der Waals surface area contributed by atoms with Crippen LogP contribution in [0.3, 0.4) is 0 Å². The molecule has 1 aliphatic heterocycles. The Morgan fingerprint density at radius 2 is 2.00 bits per heavy atom. The van der Waals surface area contributed by atoms with Crippen LogP contribution in [0.4, 0.5) is 4.39 Å². The van der Waals surface area contributed by atoms with Gasteiger partial charge in [0.25, 0.3) is 0 Å². The quantitative estimate of drug-likeness (QED) is 0.892. The fraction of sp³-hybridized carbons (Fsp3) is 0.222. The summed E-state index contributed by atoms with van der Waals surface area (Å²) in [5.41, 5.74) is 1.86. The highest BCUT2D eigenvalue weighted by Crippen LogP contribution is 2.27. The average Bonchev–Trinajstić information content (AvgIpc) is 2.55. The molecule has 0 fully saturated rings. The monoisotopic (exact) mass is 299 g/mol. The van der Waals surface area contributed by atoms with Crippen molar-refractivity contribution in [1.82, 2.24) is 5.32 Å². The first-order valence-electron chi connectivity index (χ1n) is 7.29. The Labute approximate surface area is 129 Å². The Morgan fingerprint density at radius 3 is 2.82 bits per heavy atom. The average molecular weight is 299 g/mol. The van der Waals surface area contributed by atoms with Crippen molar-refractivity contribution in [2.75, 3.05) is 6.54 Å². The first-order valence-corrected chi connectivity index (χ1v) is 7.29. The maximum atomic E-state index is 13.1. The first kappa shape index (κ1) is 14.8. The molecule has 0 aromatic heterocycles. The molecule has 0 radical (unpaired) electrons. The molecular weight excluding hydrogens is 281 g/mol. The van der Waals surface area contributed by atoms with Gasteiger partial charge in [0.05, 0.1) is 0 Å². The largest absolute Gasteiger partial charge is 0.483 e. The van der Waals surface area contributed by atoms with Crippen molar-refractivity contribution in [2.24, 2.45) is 0 Å². The van der Waals surface area contributed by atoms with Gasteiger partial charge < -0.3 is 15.2 Å². The highest BCUT2D eigenvalue weighted by molar-refractivity contribution is 5.60. The number of hydrogen-bond acceptors (Lipinski definition) is 3. The van der Waals surface area contributed by atoms with E-state index < -0.39 is 12.2 Å². The molecule has 0 spiro atoms. The smallest absolute Gasteiger partial charge is 0.144 e. The highest BCUT2D eigenvalue weighted by Gasteiger charge is 2.22. The van der Waals surface area contributed by atoms with Crippen molar-refractivity contribution in [3.8, 4) is 5.75 Å². The molecule has 0 saturated carbocycles. The molecule has 3 rings (SSSR count). The topological polar surface area (TPSA) is 41.5 Å². The van der Waals surface area contributed by atoms with Gasteiger partial charge in [0, 0.05) is 18.7 Å². The lowest BCUT2D eigenvalue weighted by atomic mass is 10.1. The van der Waals surface area contributed by atoms with E-state index in [9.17, 15) is 9.50 Å². The number of benzene rings is 2. The fourth-order valence-corrected chi connectivity index (χ4v) is 2.42. The van der Waals surface area contributed by atoms with Gasteiger partial charge in [-0.2, -0.15) is 0 Å². The first-order chi connectivity index (χ1) is 10.7.